The van der Waals surface area contributed by atoms with E-state index in [0.717, 1.165) is 18.2 Å². The maximum Gasteiger partial charge on any atom is 0.324 e. The fraction of sp³-hybridized carbons (Fsp3) is 0.344. The van der Waals surface area contributed by atoms with Gasteiger partial charge in [0.05, 0.1) is 56.2 Å². The fourth-order valence-electron chi connectivity index (χ4n) is 5.13. The van der Waals surface area contributed by atoms with Gasteiger partial charge in [0.25, 0.3) is 5.69 Å². The first kappa shape index (κ1) is 35.7. The van der Waals surface area contributed by atoms with E-state index in [1.165, 1.54) is 21.3 Å². The first-order valence-corrected chi connectivity index (χ1v) is 14.8. The summed E-state index contributed by atoms with van der Waals surface area (Å²) in [4.78, 5) is 49.6. The van der Waals surface area contributed by atoms with Crippen molar-refractivity contribution in [2.24, 2.45) is 10.5 Å². The molecule has 0 saturated carbocycles. The molecule has 49 heavy (non-hydrogen) atoms. The molecule has 1 aliphatic rings. The number of methoxy groups -OCH3 is 3. The minimum absolute atomic E-state index is 0.0412. The molecule has 0 fully saturated rings. The van der Waals surface area contributed by atoms with E-state index in [1.807, 2.05) is 0 Å². The monoisotopic (exact) mass is 682 g/mol. The van der Waals surface area contributed by atoms with E-state index in [2.05, 4.69) is 10.5 Å². The predicted octanol–water partition coefficient (Wildman–Crippen LogP) is 4.82. The number of carbonyl (C=O) groups excluding carboxylic acids is 2. The third-order valence-corrected chi connectivity index (χ3v) is 7.44. The zero-order valence-corrected chi connectivity index (χ0v) is 27.3. The maximum atomic E-state index is 14.0. The van der Waals surface area contributed by atoms with Crippen molar-refractivity contribution in [3.8, 4) is 28.7 Å². The molecule has 0 saturated heterocycles. The largest absolute Gasteiger partial charge is 0.493 e. The summed E-state index contributed by atoms with van der Waals surface area (Å²) in [5, 5.41) is 27.6. The van der Waals surface area contributed by atoms with Crippen molar-refractivity contribution in [2.75, 3.05) is 46.8 Å². The van der Waals surface area contributed by atoms with Crippen molar-refractivity contribution in [1.29, 1.82) is 0 Å². The van der Waals surface area contributed by atoms with Gasteiger partial charge in [-0.2, -0.15) is 5.10 Å². The van der Waals surface area contributed by atoms with Crippen molar-refractivity contribution in [1.82, 2.24) is 0 Å². The van der Waals surface area contributed by atoms with Crippen LogP contribution < -0.4 is 29.1 Å². The van der Waals surface area contributed by atoms with E-state index in [1.54, 1.807) is 44.2 Å². The highest BCUT2D eigenvalue weighted by Crippen LogP contribution is 2.42. The molecule has 3 aromatic rings. The molecule has 1 heterocycles. The lowest BCUT2D eigenvalue weighted by Gasteiger charge is -2.30. The topological polar surface area (TPSA) is 209 Å². The standard InChI is InChI=1S/C32H34N4O13/c1-6-46-30(37)32(31(38)47-7-2,16-19-12-27(43-3)29(45-5)28(13-19)44-4)17-23(20-8-11-25-26(14-20)49-18-48-25)34-33-22-10-9-21(35(39)40)15-24(22)36(41)42/h8-15,33H,6-7,16-18H2,1-5H3/b34-23-. The van der Waals surface area contributed by atoms with Crippen molar-refractivity contribution >= 4 is 34.7 Å². The molecule has 17 heteroatoms. The van der Waals surface area contributed by atoms with Gasteiger partial charge in [-0.3, -0.25) is 35.2 Å². The number of nitro benzene ring substituents is 2. The first-order valence-electron chi connectivity index (χ1n) is 14.8. The average Bonchev–Trinajstić information content (AvgIpc) is 3.57. The Balaban J connectivity index is 1.93. The number of benzene rings is 3. The van der Waals surface area contributed by atoms with E-state index in [4.69, 9.17) is 33.2 Å². The van der Waals surface area contributed by atoms with E-state index >= 15 is 0 Å². The number of nitro groups is 2. The Morgan fingerprint density at radius 2 is 1.49 bits per heavy atom. The van der Waals surface area contributed by atoms with Crippen LogP contribution in [0.3, 0.4) is 0 Å². The SMILES string of the molecule is CCOC(=O)C(C/C(=N/Nc1ccc([N+](=O)[O-])cc1[N+](=O)[O-])c1ccc2c(c1)OCO2)(Cc1cc(OC)c(OC)c(OC)c1)C(=O)OCC. The van der Waals surface area contributed by atoms with Crippen LogP contribution in [0.2, 0.25) is 0 Å². The number of hydrogen-bond acceptors (Lipinski definition) is 15. The molecule has 0 amide bonds. The minimum Gasteiger partial charge on any atom is -0.493 e. The quantitative estimate of drug-likeness (QED) is 0.0706. The lowest BCUT2D eigenvalue weighted by atomic mass is 9.75. The van der Waals surface area contributed by atoms with E-state index in [-0.39, 0.29) is 55.1 Å². The number of carbonyl (C=O) groups is 2. The molecule has 0 bridgehead atoms. The summed E-state index contributed by atoms with van der Waals surface area (Å²) in [5.74, 6) is -0.293. The van der Waals surface area contributed by atoms with Crippen LogP contribution >= 0.6 is 0 Å². The highest BCUT2D eigenvalue weighted by Gasteiger charge is 2.50. The number of anilines is 1. The number of esters is 2. The van der Waals surface area contributed by atoms with Gasteiger partial charge in [0, 0.05) is 18.1 Å². The minimum atomic E-state index is -2.09. The number of ether oxygens (including phenoxy) is 7. The van der Waals surface area contributed by atoms with Gasteiger partial charge in [-0.05, 0) is 62.2 Å². The Morgan fingerprint density at radius 3 is 2.04 bits per heavy atom. The van der Waals surface area contributed by atoms with Crippen LogP contribution in [0.4, 0.5) is 17.1 Å². The van der Waals surface area contributed by atoms with Crippen molar-refractivity contribution in [3.05, 3.63) is 79.9 Å². The molecule has 17 nitrogen and oxygen atoms in total. The van der Waals surface area contributed by atoms with Gasteiger partial charge in [0.1, 0.15) is 5.69 Å². The van der Waals surface area contributed by atoms with Gasteiger partial charge in [-0.15, -0.1) is 0 Å². The second-order valence-corrected chi connectivity index (χ2v) is 10.4. The maximum absolute atomic E-state index is 14.0. The Bertz CT molecular complexity index is 1730. The summed E-state index contributed by atoms with van der Waals surface area (Å²) in [7, 11) is 4.26. The Morgan fingerprint density at radius 1 is 0.857 bits per heavy atom. The van der Waals surface area contributed by atoms with E-state index in [9.17, 15) is 29.8 Å². The molecule has 3 aromatic carbocycles. The van der Waals surface area contributed by atoms with Crippen LogP contribution in [0, 0.1) is 25.6 Å². The van der Waals surface area contributed by atoms with Crippen LogP contribution in [0.5, 0.6) is 28.7 Å². The lowest BCUT2D eigenvalue weighted by molar-refractivity contribution is -0.393. The smallest absolute Gasteiger partial charge is 0.324 e. The molecule has 260 valence electrons. The van der Waals surface area contributed by atoms with Gasteiger partial charge >= 0.3 is 17.6 Å². The van der Waals surface area contributed by atoms with Crippen molar-refractivity contribution in [2.45, 2.75) is 26.7 Å². The molecule has 1 aliphatic heterocycles. The Labute approximate surface area is 279 Å². The first-order chi connectivity index (χ1) is 23.5. The molecule has 1 N–H and O–H groups in total. The second-order valence-electron chi connectivity index (χ2n) is 10.4. The summed E-state index contributed by atoms with van der Waals surface area (Å²) in [6.07, 6.45) is -0.766. The molecule has 0 spiro atoms. The van der Waals surface area contributed by atoms with Gasteiger partial charge in [-0.25, -0.2) is 0 Å². The molecule has 0 atom stereocenters. The Kier molecular flexibility index (Phi) is 11.4. The third-order valence-electron chi connectivity index (χ3n) is 7.44. The van der Waals surface area contributed by atoms with Crippen LogP contribution in [0.25, 0.3) is 0 Å². The highest BCUT2D eigenvalue weighted by molar-refractivity contribution is 6.10. The fourth-order valence-corrected chi connectivity index (χ4v) is 5.13. The van der Waals surface area contributed by atoms with Crippen LogP contribution in [-0.2, 0) is 25.5 Å². The van der Waals surface area contributed by atoms with Crippen LogP contribution in [0.1, 0.15) is 31.4 Å². The number of fused-ring (bicyclic) bond motifs is 1. The number of hydrogen-bond donors (Lipinski definition) is 1. The van der Waals surface area contributed by atoms with Crippen LogP contribution in [0.15, 0.2) is 53.6 Å². The van der Waals surface area contributed by atoms with Gasteiger partial charge < -0.3 is 33.2 Å². The molecule has 0 radical (unpaired) electrons. The number of hydrazone groups is 1. The van der Waals surface area contributed by atoms with E-state index < -0.39 is 45.0 Å². The zero-order chi connectivity index (χ0) is 35.7. The van der Waals surface area contributed by atoms with Crippen molar-refractivity contribution < 1.29 is 52.6 Å². The molecule has 0 aromatic heterocycles. The van der Waals surface area contributed by atoms with Gasteiger partial charge in [-0.1, -0.05) is 0 Å². The summed E-state index contributed by atoms with van der Waals surface area (Å²) in [5.41, 5.74) is -0.0523. The number of nitrogens with one attached hydrogen (secondary N) is 1. The normalized spacial score (nSPS) is 12.1. The lowest BCUT2D eigenvalue weighted by Crippen LogP contribution is -2.46. The predicted molar refractivity (Wildman–Crippen MR) is 173 cm³/mol. The molecule has 0 unspecified atom stereocenters. The summed E-state index contributed by atoms with van der Waals surface area (Å²) in [6, 6.07) is 10.9. The van der Waals surface area contributed by atoms with E-state index in [0.29, 0.717) is 22.6 Å². The molecule has 4 rings (SSSR count). The van der Waals surface area contributed by atoms with Crippen molar-refractivity contribution in [3.63, 3.8) is 0 Å². The molecule has 0 aliphatic carbocycles. The average molecular weight is 683 g/mol. The number of non-ortho nitro benzene ring substituents is 1. The number of rotatable bonds is 16. The third kappa shape index (κ3) is 7.72. The zero-order valence-electron chi connectivity index (χ0n) is 27.3. The Hall–Kier alpha value is -6.13. The summed E-state index contributed by atoms with van der Waals surface area (Å²) in [6.45, 7) is 2.94. The molecular formula is C32H34N4O13. The number of nitrogens with zero attached hydrogens (tertiary/aromatic N) is 3. The summed E-state index contributed by atoms with van der Waals surface area (Å²) >= 11 is 0. The van der Waals surface area contributed by atoms with Crippen LogP contribution in [-0.4, -0.2) is 68.8 Å². The molecular weight excluding hydrogens is 648 g/mol. The second kappa shape index (κ2) is 15.6. The van der Waals surface area contributed by atoms with Gasteiger partial charge in [0.15, 0.2) is 28.4 Å². The highest BCUT2D eigenvalue weighted by atomic mass is 16.7. The van der Waals surface area contributed by atoms with Gasteiger partial charge in [0.2, 0.25) is 12.5 Å². The summed E-state index contributed by atoms with van der Waals surface area (Å²) < 4.78 is 38.3.